The molecule has 57 heavy (non-hydrogen) atoms. The quantitative estimate of drug-likeness (QED) is 0.176. The molecule has 0 bridgehead atoms. The second-order valence-corrected chi connectivity index (χ2v) is 14.4. The summed E-state index contributed by atoms with van der Waals surface area (Å²) in [6.45, 7) is 0. The maximum atomic E-state index is 6.77. The Hall–Kier alpha value is -7.83. The molecule has 6 heteroatoms. The first-order valence-corrected chi connectivity index (χ1v) is 19.0. The highest BCUT2D eigenvalue weighted by molar-refractivity contribution is 6.13. The van der Waals surface area contributed by atoms with Crippen molar-refractivity contribution in [3.63, 3.8) is 0 Å². The molecule has 0 aliphatic carbocycles. The number of furan rings is 2. The van der Waals surface area contributed by atoms with Gasteiger partial charge in [-0.2, -0.15) is 0 Å². The van der Waals surface area contributed by atoms with E-state index in [9.17, 15) is 0 Å². The predicted octanol–water partition coefficient (Wildman–Crippen LogP) is 13.4. The van der Waals surface area contributed by atoms with E-state index in [-0.39, 0.29) is 0 Å². The topological polar surface area (TPSA) is 69.9 Å². The van der Waals surface area contributed by atoms with Crippen molar-refractivity contribution in [1.82, 2.24) is 19.5 Å². The molecular formula is C51H30N4O2. The Labute approximate surface area is 325 Å². The zero-order valence-corrected chi connectivity index (χ0v) is 30.4. The zero-order chi connectivity index (χ0) is 37.5. The van der Waals surface area contributed by atoms with Crippen LogP contribution in [0.3, 0.4) is 0 Å². The van der Waals surface area contributed by atoms with Crippen LogP contribution in [-0.4, -0.2) is 19.5 Å². The molecule has 12 rings (SSSR count). The van der Waals surface area contributed by atoms with E-state index in [1.807, 2.05) is 66.7 Å². The lowest BCUT2D eigenvalue weighted by molar-refractivity contribution is 0.668. The lowest BCUT2D eigenvalue weighted by Crippen LogP contribution is -2.00. The Balaban J connectivity index is 0.957. The van der Waals surface area contributed by atoms with Crippen molar-refractivity contribution in [2.24, 2.45) is 0 Å². The third-order valence-electron chi connectivity index (χ3n) is 11.1. The summed E-state index contributed by atoms with van der Waals surface area (Å²) in [5.41, 5.74) is 11.5. The Morgan fingerprint density at radius 3 is 1.60 bits per heavy atom. The molecule has 4 heterocycles. The number of hydrogen-bond acceptors (Lipinski definition) is 5. The number of fused-ring (bicyclic) bond motifs is 9. The zero-order valence-electron chi connectivity index (χ0n) is 30.4. The normalized spacial score (nSPS) is 11.9. The first kappa shape index (κ1) is 31.5. The number of para-hydroxylation sites is 3. The van der Waals surface area contributed by atoms with Gasteiger partial charge in [-0.15, -0.1) is 0 Å². The van der Waals surface area contributed by atoms with Crippen molar-refractivity contribution in [1.29, 1.82) is 0 Å². The van der Waals surface area contributed by atoms with Crippen LogP contribution in [0.5, 0.6) is 0 Å². The molecule has 0 saturated heterocycles. The van der Waals surface area contributed by atoms with Crippen LogP contribution in [0.15, 0.2) is 191 Å². The van der Waals surface area contributed by atoms with Crippen LogP contribution in [0, 0.1) is 0 Å². The highest BCUT2D eigenvalue weighted by Gasteiger charge is 2.18. The van der Waals surface area contributed by atoms with Crippen molar-refractivity contribution < 1.29 is 8.83 Å². The molecule has 0 radical (unpaired) electrons. The van der Waals surface area contributed by atoms with E-state index < -0.39 is 0 Å². The van der Waals surface area contributed by atoms with Gasteiger partial charge in [0.1, 0.15) is 22.3 Å². The molecule has 6 nitrogen and oxygen atoms in total. The summed E-state index contributed by atoms with van der Waals surface area (Å²) < 4.78 is 15.6. The van der Waals surface area contributed by atoms with Gasteiger partial charge in [-0.1, -0.05) is 127 Å². The highest BCUT2D eigenvalue weighted by Crippen LogP contribution is 2.41. The van der Waals surface area contributed by atoms with Crippen molar-refractivity contribution in [2.45, 2.75) is 0 Å². The van der Waals surface area contributed by atoms with E-state index in [0.717, 1.165) is 77.4 Å². The number of hydrogen-bond donors (Lipinski definition) is 0. The molecule has 0 aliphatic rings. The third-order valence-corrected chi connectivity index (χ3v) is 11.1. The number of nitrogens with zero attached hydrogens (tertiary/aromatic N) is 4. The van der Waals surface area contributed by atoms with Crippen molar-refractivity contribution in [3.05, 3.63) is 182 Å². The summed E-state index contributed by atoms with van der Waals surface area (Å²) in [5, 5.41) is 6.69. The number of rotatable bonds is 5. The van der Waals surface area contributed by atoms with Crippen LogP contribution in [0.4, 0.5) is 0 Å². The summed E-state index contributed by atoms with van der Waals surface area (Å²) in [5.74, 6) is 1.83. The maximum absolute atomic E-state index is 6.77. The van der Waals surface area contributed by atoms with Crippen molar-refractivity contribution in [3.8, 4) is 51.0 Å². The van der Waals surface area contributed by atoms with Crippen LogP contribution in [0.1, 0.15) is 0 Å². The fraction of sp³-hybridized carbons (Fsp3) is 0. The second kappa shape index (κ2) is 12.3. The summed E-state index contributed by atoms with van der Waals surface area (Å²) in [7, 11) is 0. The van der Waals surface area contributed by atoms with Gasteiger partial charge >= 0.3 is 0 Å². The van der Waals surface area contributed by atoms with Crippen LogP contribution in [0.2, 0.25) is 0 Å². The van der Waals surface area contributed by atoms with Gasteiger partial charge in [-0.25, -0.2) is 15.0 Å². The summed E-state index contributed by atoms with van der Waals surface area (Å²) in [4.78, 5) is 14.7. The van der Waals surface area contributed by atoms with Gasteiger partial charge < -0.3 is 13.4 Å². The average molecular weight is 731 g/mol. The van der Waals surface area contributed by atoms with Gasteiger partial charge in [0, 0.05) is 66.3 Å². The van der Waals surface area contributed by atoms with Gasteiger partial charge in [-0.05, 0) is 54.1 Å². The van der Waals surface area contributed by atoms with Crippen molar-refractivity contribution in [2.75, 3.05) is 0 Å². The highest BCUT2D eigenvalue weighted by atomic mass is 16.3. The molecule has 4 aromatic heterocycles. The monoisotopic (exact) mass is 730 g/mol. The van der Waals surface area contributed by atoms with Gasteiger partial charge in [0.25, 0.3) is 0 Å². The predicted molar refractivity (Wildman–Crippen MR) is 230 cm³/mol. The Morgan fingerprint density at radius 1 is 0.333 bits per heavy atom. The van der Waals surface area contributed by atoms with Crippen molar-refractivity contribution >= 4 is 65.7 Å². The molecule has 0 atom stereocenters. The summed E-state index contributed by atoms with van der Waals surface area (Å²) in [6.07, 6.45) is 0. The minimum atomic E-state index is 0.587. The summed E-state index contributed by atoms with van der Waals surface area (Å²) >= 11 is 0. The minimum absolute atomic E-state index is 0.587. The lowest BCUT2D eigenvalue weighted by Gasteiger charge is -2.08. The smallest absolute Gasteiger partial charge is 0.164 e. The van der Waals surface area contributed by atoms with Crippen LogP contribution >= 0.6 is 0 Å². The average Bonchev–Trinajstić information content (AvgIpc) is 3.95. The molecule has 0 fully saturated rings. The molecule has 0 spiro atoms. The number of aromatic nitrogens is 4. The van der Waals surface area contributed by atoms with E-state index in [4.69, 9.17) is 23.8 Å². The number of benzene rings is 8. The minimum Gasteiger partial charge on any atom is -0.456 e. The van der Waals surface area contributed by atoms with E-state index in [2.05, 4.69) is 120 Å². The van der Waals surface area contributed by atoms with Gasteiger partial charge in [0.2, 0.25) is 0 Å². The molecule has 266 valence electrons. The Morgan fingerprint density at radius 2 is 0.895 bits per heavy atom. The van der Waals surface area contributed by atoms with E-state index in [0.29, 0.717) is 17.5 Å². The largest absolute Gasteiger partial charge is 0.456 e. The van der Waals surface area contributed by atoms with Gasteiger partial charge in [0.05, 0.1) is 11.0 Å². The summed E-state index contributed by atoms with van der Waals surface area (Å²) in [6, 6.07) is 62.7. The molecule has 12 aromatic rings. The molecule has 0 unspecified atom stereocenters. The van der Waals surface area contributed by atoms with Gasteiger partial charge in [-0.3, -0.25) is 0 Å². The maximum Gasteiger partial charge on any atom is 0.164 e. The van der Waals surface area contributed by atoms with Crippen LogP contribution in [-0.2, 0) is 0 Å². The van der Waals surface area contributed by atoms with Gasteiger partial charge in [0.15, 0.2) is 17.5 Å². The first-order valence-electron chi connectivity index (χ1n) is 19.0. The Bertz CT molecular complexity index is 3410. The van der Waals surface area contributed by atoms with Crippen LogP contribution < -0.4 is 0 Å². The second-order valence-electron chi connectivity index (χ2n) is 14.4. The molecule has 0 N–H and O–H groups in total. The van der Waals surface area contributed by atoms with Crippen LogP contribution in [0.25, 0.3) is 117 Å². The molecule has 0 aliphatic heterocycles. The third kappa shape index (κ3) is 5.01. The standard InChI is InChI=1S/C51H30N4O2/c1-3-12-31(13-4-1)49-52-50(32-14-5-2-6-15-32)54-51(53-49)34-22-25-40-42-28-33(23-27-45(42)56-46(40)29-34)36-18-11-19-41-39-26-24-35(30-47(39)57-48(36)41)55-43-20-9-7-16-37(43)38-17-8-10-21-44(38)55/h1-30H. The lowest BCUT2D eigenvalue weighted by atomic mass is 10.00. The molecule has 8 aromatic carbocycles. The molecular weight excluding hydrogens is 701 g/mol. The fourth-order valence-electron chi connectivity index (χ4n) is 8.38. The van der Waals surface area contributed by atoms with E-state index >= 15 is 0 Å². The first-order chi connectivity index (χ1) is 28.2. The Kier molecular flexibility index (Phi) is 6.83. The molecule has 0 amide bonds. The SMILES string of the molecule is c1ccc(-c2nc(-c3ccccc3)nc(-c3ccc4c(c3)oc3ccc(-c5cccc6c5oc5cc(-n7c8ccccc8c8ccccc87)ccc56)cc34)n2)cc1. The fourth-order valence-corrected chi connectivity index (χ4v) is 8.38. The van der Waals surface area contributed by atoms with E-state index in [1.165, 1.54) is 21.8 Å². The molecule has 0 saturated carbocycles. The van der Waals surface area contributed by atoms with E-state index in [1.54, 1.807) is 0 Å².